The number of benzene rings is 2. The quantitative estimate of drug-likeness (QED) is 0.421. The van der Waals surface area contributed by atoms with E-state index in [9.17, 15) is 10.1 Å². The highest BCUT2D eigenvalue weighted by Crippen LogP contribution is 2.17. The van der Waals surface area contributed by atoms with Crippen molar-refractivity contribution in [1.82, 2.24) is 0 Å². The second kappa shape index (κ2) is 7.72. The summed E-state index contributed by atoms with van der Waals surface area (Å²) in [5, 5.41) is 9.28. The van der Waals surface area contributed by atoms with E-state index in [2.05, 4.69) is 22.9 Å². The van der Waals surface area contributed by atoms with Crippen molar-refractivity contribution in [3.8, 4) is 6.07 Å². The first-order chi connectivity index (χ1) is 10.6. The molecular formula is C19H16BrNO. The second-order valence-corrected chi connectivity index (χ2v) is 5.92. The number of ketones is 1. The molecule has 0 saturated carbocycles. The van der Waals surface area contributed by atoms with E-state index >= 15 is 0 Å². The molecule has 0 radical (unpaired) electrons. The molecule has 0 amide bonds. The van der Waals surface area contributed by atoms with Crippen molar-refractivity contribution in [1.29, 1.82) is 5.26 Å². The van der Waals surface area contributed by atoms with Gasteiger partial charge in [0, 0.05) is 10.0 Å². The molecule has 0 aliphatic heterocycles. The maximum atomic E-state index is 12.4. The van der Waals surface area contributed by atoms with Gasteiger partial charge < -0.3 is 0 Å². The molecule has 2 aromatic carbocycles. The minimum Gasteiger partial charge on any atom is -0.288 e. The maximum Gasteiger partial charge on any atom is 0.203 e. The summed E-state index contributed by atoms with van der Waals surface area (Å²) in [6, 6.07) is 17.0. The Morgan fingerprint density at radius 1 is 1.23 bits per heavy atom. The molecule has 0 spiro atoms. The third kappa shape index (κ3) is 4.16. The largest absolute Gasteiger partial charge is 0.288 e. The molecule has 22 heavy (non-hydrogen) atoms. The number of rotatable bonds is 5. The van der Waals surface area contributed by atoms with Crippen LogP contribution in [0.1, 0.15) is 34.8 Å². The van der Waals surface area contributed by atoms with Gasteiger partial charge >= 0.3 is 0 Å². The third-order valence-electron chi connectivity index (χ3n) is 3.28. The molecule has 2 rings (SSSR count). The minimum absolute atomic E-state index is 0.140. The smallest absolute Gasteiger partial charge is 0.203 e. The van der Waals surface area contributed by atoms with Crippen molar-refractivity contribution in [2.45, 2.75) is 19.8 Å². The SMILES string of the molecule is CCCc1ccc(C(=O)/C(C#N)=C\c2cccc(Br)c2)cc1. The molecule has 0 aromatic heterocycles. The van der Waals surface area contributed by atoms with Gasteiger partial charge in [-0.15, -0.1) is 0 Å². The molecule has 0 atom stereocenters. The van der Waals surface area contributed by atoms with Crippen molar-refractivity contribution in [3.05, 3.63) is 75.3 Å². The normalized spacial score (nSPS) is 11.0. The molecule has 0 bridgehead atoms. The Balaban J connectivity index is 2.27. The third-order valence-corrected chi connectivity index (χ3v) is 3.77. The number of hydrogen-bond donors (Lipinski definition) is 0. The number of nitriles is 1. The van der Waals surface area contributed by atoms with Crippen molar-refractivity contribution in [3.63, 3.8) is 0 Å². The number of carbonyl (C=O) groups is 1. The minimum atomic E-state index is -0.245. The van der Waals surface area contributed by atoms with Crippen LogP contribution in [0.5, 0.6) is 0 Å². The average Bonchev–Trinajstić information content (AvgIpc) is 2.53. The molecule has 0 heterocycles. The first-order valence-electron chi connectivity index (χ1n) is 7.15. The van der Waals surface area contributed by atoms with E-state index in [1.54, 1.807) is 18.2 Å². The summed E-state index contributed by atoms with van der Waals surface area (Å²) in [6.45, 7) is 2.12. The van der Waals surface area contributed by atoms with Crippen LogP contribution in [0.3, 0.4) is 0 Å². The van der Waals surface area contributed by atoms with E-state index in [1.807, 2.05) is 42.5 Å². The predicted octanol–water partition coefficient (Wildman–Crippen LogP) is 5.19. The van der Waals surface area contributed by atoms with Gasteiger partial charge in [0.05, 0.1) is 0 Å². The fraction of sp³-hybridized carbons (Fsp3) is 0.158. The monoisotopic (exact) mass is 353 g/mol. The van der Waals surface area contributed by atoms with Gasteiger partial charge in [0.25, 0.3) is 0 Å². The number of Topliss-reactive ketones (excluding diaryl/α,β-unsaturated/α-hetero) is 1. The van der Waals surface area contributed by atoms with Crippen LogP contribution in [0.2, 0.25) is 0 Å². The zero-order chi connectivity index (χ0) is 15.9. The lowest BCUT2D eigenvalue weighted by Gasteiger charge is -2.03. The molecule has 0 aliphatic carbocycles. The zero-order valence-corrected chi connectivity index (χ0v) is 13.9. The van der Waals surface area contributed by atoms with Gasteiger partial charge in [-0.25, -0.2) is 0 Å². The highest BCUT2D eigenvalue weighted by atomic mass is 79.9. The van der Waals surface area contributed by atoms with Crippen molar-refractivity contribution in [2.75, 3.05) is 0 Å². The number of allylic oxidation sites excluding steroid dienone is 1. The van der Waals surface area contributed by atoms with Crippen molar-refractivity contribution in [2.24, 2.45) is 0 Å². The summed E-state index contributed by atoms with van der Waals surface area (Å²) in [7, 11) is 0. The van der Waals surface area contributed by atoms with E-state index in [-0.39, 0.29) is 11.4 Å². The lowest BCUT2D eigenvalue weighted by atomic mass is 10.00. The van der Waals surface area contributed by atoms with E-state index in [0.29, 0.717) is 5.56 Å². The van der Waals surface area contributed by atoms with Gasteiger partial charge in [-0.05, 0) is 35.8 Å². The average molecular weight is 354 g/mol. The Labute approximate surface area is 139 Å². The first kappa shape index (κ1) is 16.2. The van der Waals surface area contributed by atoms with Crippen LogP contribution in [0.25, 0.3) is 6.08 Å². The molecule has 0 aliphatic rings. The fourth-order valence-electron chi connectivity index (χ4n) is 2.18. The Morgan fingerprint density at radius 2 is 1.95 bits per heavy atom. The summed E-state index contributed by atoms with van der Waals surface area (Å²) in [5.41, 5.74) is 2.71. The maximum absolute atomic E-state index is 12.4. The summed E-state index contributed by atoms with van der Waals surface area (Å²) in [4.78, 5) is 12.4. The summed E-state index contributed by atoms with van der Waals surface area (Å²) >= 11 is 3.38. The van der Waals surface area contributed by atoms with Crippen LogP contribution in [0.15, 0.2) is 58.6 Å². The molecule has 0 N–H and O–H groups in total. The van der Waals surface area contributed by atoms with Gasteiger partial charge in [-0.1, -0.05) is 65.7 Å². The van der Waals surface area contributed by atoms with Gasteiger partial charge in [0.2, 0.25) is 5.78 Å². The highest BCUT2D eigenvalue weighted by molar-refractivity contribution is 9.10. The molecule has 110 valence electrons. The summed E-state index contributed by atoms with van der Waals surface area (Å²) < 4.78 is 0.912. The topological polar surface area (TPSA) is 40.9 Å². The molecule has 2 aromatic rings. The fourth-order valence-corrected chi connectivity index (χ4v) is 2.60. The standard InChI is InChI=1S/C19H16BrNO/c1-2-4-14-7-9-16(10-8-14)19(22)17(13-21)11-15-5-3-6-18(20)12-15/h3,5-12H,2,4H2,1H3/b17-11-. The number of hydrogen-bond acceptors (Lipinski definition) is 2. The van der Waals surface area contributed by atoms with E-state index in [4.69, 9.17) is 0 Å². The lowest BCUT2D eigenvalue weighted by molar-refractivity contribution is 0.104. The Hall–Kier alpha value is -2.18. The summed E-state index contributed by atoms with van der Waals surface area (Å²) in [6.07, 6.45) is 3.68. The second-order valence-electron chi connectivity index (χ2n) is 5.00. The van der Waals surface area contributed by atoms with Gasteiger partial charge in [0.15, 0.2) is 0 Å². The van der Waals surface area contributed by atoms with E-state index in [0.717, 1.165) is 22.9 Å². The van der Waals surface area contributed by atoms with Gasteiger partial charge in [-0.2, -0.15) is 5.26 Å². The van der Waals surface area contributed by atoms with E-state index < -0.39 is 0 Å². The number of aryl methyl sites for hydroxylation is 1. The number of nitrogens with zero attached hydrogens (tertiary/aromatic N) is 1. The molecular weight excluding hydrogens is 338 g/mol. The Kier molecular flexibility index (Phi) is 5.68. The van der Waals surface area contributed by atoms with Crippen LogP contribution in [0.4, 0.5) is 0 Å². The van der Waals surface area contributed by atoms with Gasteiger partial charge in [0.1, 0.15) is 11.6 Å². The lowest BCUT2D eigenvalue weighted by Crippen LogP contribution is -2.02. The van der Waals surface area contributed by atoms with Crippen molar-refractivity contribution < 1.29 is 4.79 Å². The zero-order valence-electron chi connectivity index (χ0n) is 12.3. The van der Waals surface area contributed by atoms with E-state index in [1.165, 1.54) is 5.56 Å². The molecule has 0 unspecified atom stereocenters. The van der Waals surface area contributed by atoms with Crippen LogP contribution in [-0.2, 0) is 6.42 Å². The van der Waals surface area contributed by atoms with Crippen LogP contribution >= 0.6 is 15.9 Å². The molecule has 0 saturated heterocycles. The molecule has 0 fully saturated rings. The van der Waals surface area contributed by atoms with Crippen LogP contribution in [0, 0.1) is 11.3 Å². The number of halogens is 1. The van der Waals surface area contributed by atoms with Gasteiger partial charge in [-0.3, -0.25) is 4.79 Å². The predicted molar refractivity (Wildman–Crippen MR) is 92.5 cm³/mol. The molecule has 3 heteroatoms. The Morgan fingerprint density at radius 3 is 2.55 bits per heavy atom. The first-order valence-corrected chi connectivity index (χ1v) is 7.94. The highest BCUT2D eigenvalue weighted by Gasteiger charge is 2.12. The molecule has 2 nitrogen and oxygen atoms in total. The number of carbonyl (C=O) groups excluding carboxylic acids is 1. The van der Waals surface area contributed by atoms with Crippen LogP contribution in [-0.4, -0.2) is 5.78 Å². The van der Waals surface area contributed by atoms with Crippen LogP contribution < -0.4 is 0 Å². The summed E-state index contributed by atoms with van der Waals surface area (Å²) in [5.74, 6) is -0.245. The van der Waals surface area contributed by atoms with Crippen molar-refractivity contribution >= 4 is 27.8 Å². The Bertz CT molecular complexity index is 739.